The van der Waals surface area contributed by atoms with Crippen LogP contribution in [-0.2, 0) is 18.3 Å². The summed E-state index contributed by atoms with van der Waals surface area (Å²) < 4.78 is 1.62. The number of hydrogen-bond donors (Lipinski definition) is 2. The molecule has 1 aliphatic heterocycles. The summed E-state index contributed by atoms with van der Waals surface area (Å²) in [6, 6.07) is 8.09. The molecule has 0 aliphatic carbocycles. The van der Waals surface area contributed by atoms with Gasteiger partial charge in [-0.15, -0.1) is 0 Å². The van der Waals surface area contributed by atoms with Gasteiger partial charge in [0, 0.05) is 38.1 Å². The number of benzene rings is 1. The van der Waals surface area contributed by atoms with Gasteiger partial charge >= 0.3 is 0 Å². The SMILES string of the molecule is CCc1ccc(NC(=O)CN2CCC(NC(=O)c3cnn(C)c3)CC2)cc1. The smallest absolute Gasteiger partial charge is 0.254 e. The molecule has 1 saturated heterocycles. The fraction of sp³-hybridized carbons (Fsp3) is 0.450. The number of carbonyl (C=O) groups excluding carboxylic acids is 2. The third-order valence-corrected chi connectivity index (χ3v) is 4.90. The lowest BCUT2D eigenvalue weighted by atomic mass is 10.0. The number of aryl methyl sites for hydroxylation is 2. The zero-order valence-corrected chi connectivity index (χ0v) is 15.9. The van der Waals surface area contributed by atoms with Crippen LogP contribution in [0.15, 0.2) is 36.7 Å². The van der Waals surface area contributed by atoms with Crippen LogP contribution in [0, 0.1) is 0 Å². The Morgan fingerprint density at radius 2 is 1.89 bits per heavy atom. The van der Waals surface area contributed by atoms with E-state index in [0.29, 0.717) is 12.1 Å². The Bertz CT molecular complexity index is 776. The molecule has 1 fully saturated rings. The van der Waals surface area contributed by atoms with Crippen molar-refractivity contribution in [1.82, 2.24) is 20.0 Å². The fourth-order valence-corrected chi connectivity index (χ4v) is 3.27. The number of rotatable bonds is 6. The summed E-state index contributed by atoms with van der Waals surface area (Å²) in [5.74, 6) is -0.0908. The van der Waals surface area contributed by atoms with Crippen LogP contribution < -0.4 is 10.6 Å². The molecule has 0 unspecified atom stereocenters. The Labute approximate surface area is 159 Å². The molecule has 0 atom stereocenters. The predicted molar refractivity (Wildman–Crippen MR) is 105 cm³/mol. The van der Waals surface area contributed by atoms with Crippen LogP contribution in [-0.4, -0.2) is 52.2 Å². The predicted octanol–water partition coefficient (Wildman–Crippen LogP) is 1.82. The van der Waals surface area contributed by atoms with Crippen molar-refractivity contribution in [3.63, 3.8) is 0 Å². The van der Waals surface area contributed by atoms with E-state index in [4.69, 9.17) is 0 Å². The summed E-state index contributed by atoms with van der Waals surface area (Å²) >= 11 is 0. The van der Waals surface area contributed by atoms with Gasteiger partial charge in [-0.25, -0.2) is 0 Å². The number of piperidine rings is 1. The van der Waals surface area contributed by atoms with E-state index in [0.717, 1.165) is 38.0 Å². The second-order valence-electron chi connectivity index (χ2n) is 7.03. The van der Waals surface area contributed by atoms with E-state index in [-0.39, 0.29) is 17.9 Å². The van der Waals surface area contributed by atoms with Gasteiger partial charge in [0.25, 0.3) is 5.91 Å². The number of hydrogen-bond acceptors (Lipinski definition) is 4. The molecule has 0 saturated carbocycles. The number of carbonyl (C=O) groups is 2. The summed E-state index contributed by atoms with van der Waals surface area (Å²) in [6.07, 6.45) is 5.94. The van der Waals surface area contributed by atoms with E-state index in [1.807, 2.05) is 24.3 Å². The molecule has 0 spiro atoms. The summed E-state index contributed by atoms with van der Waals surface area (Å²) in [7, 11) is 1.79. The molecule has 2 amide bonds. The maximum absolute atomic E-state index is 12.2. The standard InChI is InChI=1S/C20H27N5O2/c1-3-15-4-6-17(7-5-15)22-19(26)14-25-10-8-18(9-11-25)23-20(27)16-12-21-24(2)13-16/h4-7,12-13,18H,3,8-11,14H2,1-2H3,(H,22,26)(H,23,27). The van der Waals surface area contributed by atoms with Gasteiger partial charge < -0.3 is 10.6 Å². The van der Waals surface area contributed by atoms with E-state index in [1.54, 1.807) is 24.1 Å². The van der Waals surface area contributed by atoms with Crippen LogP contribution in [0.3, 0.4) is 0 Å². The molecule has 1 aliphatic rings. The van der Waals surface area contributed by atoms with Gasteiger partial charge in [-0.3, -0.25) is 19.2 Å². The van der Waals surface area contributed by atoms with Crippen molar-refractivity contribution in [3.8, 4) is 0 Å². The lowest BCUT2D eigenvalue weighted by Gasteiger charge is -2.31. The lowest BCUT2D eigenvalue weighted by Crippen LogP contribution is -2.46. The Balaban J connectivity index is 1.40. The minimum absolute atomic E-state index is 0.00269. The fourth-order valence-electron chi connectivity index (χ4n) is 3.27. The summed E-state index contributed by atoms with van der Waals surface area (Å²) in [6.45, 7) is 4.07. The summed E-state index contributed by atoms with van der Waals surface area (Å²) in [5.41, 5.74) is 2.66. The number of aromatic nitrogens is 2. The second kappa shape index (κ2) is 8.81. The van der Waals surface area contributed by atoms with Gasteiger partial charge in [0.15, 0.2) is 0 Å². The largest absolute Gasteiger partial charge is 0.349 e. The molecule has 2 heterocycles. The van der Waals surface area contributed by atoms with Gasteiger partial charge in [-0.1, -0.05) is 19.1 Å². The van der Waals surface area contributed by atoms with Crippen molar-refractivity contribution in [2.24, 2.45) is 7.05 Å². The zero-order chi connectivity index (χ0) is 19.2. The maximum Gasteiger partial charge on any atom is 0.254 e. The second-order valence-corrected chi connectivity index (χ2v) is 7.03. The highest BCUT2D eigenvalue weighted by atomic mass is 16.2. The molecule has 2 aromatic rings. The van der Waals surface area contributed by atoms with Crippen LogP contribution in [0.2, 0.25) is 0 Å². The first kappa shape index (κ1) is 19.1. The van der Waals surface area contributed by atoms with Crippen molar-refractivity contribution in [2.45, 2.75) is 32.2 Å². The highest BCUT2D eigenvalue weighted by Crippen LogP contribution is 2.13. The van der Waals surface area contributed by atoms with E-state index in [2.05, 4.69) is 27.6 Å². The molecule has 1 aromatic carbocycles. The Morgan fingerprint density at radius 3 is 2.48 bits per heavy atom. The van der Waals surface area contributed by atoms with Crippen molar-refractivity contribution in [3.05, 3.63) is 47.8 Å². The van der Waals surface area contributed by atoms with Crippen molar-refractivity contribution in [1.29, 1.82) is 0 Å². The van der Waals surface area contributed by atoms with Crippen LogP contribution in [0.25, 0.3) is 0 Å². The Morgan fingerprint density at radius 1 is 1.19 bits per heavy atom. The first-order valence-corrected chi connectivity index (χ1v) is 9.44. The first-order chi connectivity index (χ1) is 13.0. The topological polar surface area (TPSA) is 79.3 Å². The first-order valence-electron chi connectivity index (χ1n) is 9.44. The summed E-state index contributed by atoms with van der Waals surface area (Å²) in [4.78, 5) is 26.6. The maximum atomic E-state index is 12.2. The van der Waals surface area contributed by atoms with Crippen molar-refractivity contribution < 1.29 is 9.59 Å². The minimum atomic E-state index is -0.0881. The van der Waals surface area contributed by atoms with E-state index >= 15 is 0 Å². The number of nitrogens with zero attached hydrogens (tertiary/aromatic N) is 3. The number of amides is 2. The highest BCUT2D eigenvalue weighted by Gasteiger charge is 2.22. The van der Waals surface area contributed by atoms with Crippen molar-refractivity contribution >= 4 is 17.5 Å². The molecule has 0 radical (unpaired) electrons. The molecule has 7 heteroatoms. The molecule has 144 valence electrons. The zero-order valence-electron chi connectivity index (χ0n) is 15.9. The monoisotopic (exact) mass is 369 g/mol. The lowest BCUT2D eigenvalue weighted by molar-refractivity contribution is -0.117. The van der Waals surface area contributed by atoms with Gasteiger partial charge in [0.2, 0.25) is 5.91 Å². The van der Waals surface area contributed by atoms with Crippen LogP contribution in [0.5, 0.6) is 0 Å². The quantitative estimate of drug-likeness (QED) is 0.814. The third-order valence-electron chi connectivity index (χ3n) is 4.90. The molecular weight excluding hydrogens is 342 g/mol. The average molecular weight is 369 g/mol. The number of anilines is 1. The van der Waals surface area contributed by atoms with Gasteiger partial charge in [0.1, 0.15) is 0 Å². The van der Waals surface area contributed by atoms with Gasteiger partial charge in [-0.2, -0.15) is 5.10 Å². The number of likely N-dealkylation sites (tertiary alicyclic amines) is 1. The Hall–Kier alpha value is -2.67. The molecule has 0 bridgehead atoms. The van der Waals surface area contributed by atoms with Crippen LogP contribution >= 0.6 is 0 Å². The van der Waals surface area contributed by atoms with Gasteiger partial charge in [0.05, 0.1) is 18.3 Å². The van der Waals surface area contributed by atoms with Crippen LogP contribution in [0.1, 0.15) is 35.7 Å². The minimum Gasteiger partial charge on any atom is -0.349 e. The normalized spacial score (nSPS) is 15.5. The number of nitrogens with one attached hydrogen (secondary N) is 2. The van der Waals surface area contributed by atoms with E-state index in [1.165, 1.54) is 5.56 Å². The molecule has 3 rings (SSSR count). The molecule has 27 heavy (non-hydrogen) atoms. The molecule has 1 aromatic heterocycles. The van der Waals surface area contributed by atoms with E-state index in [9.17, 15) is 9.59 Å². The Kier molecular flexibility index (Phi) is 6.24. The summed E-state index contributed by atoms with van der Waals surface area (Å²) in [5, 5.41) is 10.0. The average Bonchev–Trinajstić information content (AvgIpc) is 3.10. The molecule has 7 nitrogen and oxygen atoms in total. The molecule has 2 N–H and O–H groups in total. The van der Waals surface area contributed by atoms with Crippen LogP contribution in [0.4, 0.5) is 5.69 Å². The van der Waals surface area contributed by atoms with Gasteiger partial charge in [-0.05, 0) is 37.0 Å². The molecular formula is C20H27N5O2. The van der Waals surface area contributed by atoms with Crippen molar-refractivity contribution in [2.75, 3.05) is 25.0 Å². The van der Waals surface area contributed by atoms with E-state index < -0.39 is 0 Å². The third kappa shape index (κ3) is 5.40. The highest BCUT2D eigenvalue weighted by molar-refractivity contribution is 5.94.